The van der Waals surface area contributed by atoms with E-state index in [9.17, 15) is 0 Å². The molecular weight excluding hydrogens is 567 g/mol. The van der Waals surface area contributed by atoms with Gasteiger partial charge in [0.25, 0.3) is 0 Å². The monoisotopic (exact) mass is 593 g/mol. The van der Waals surface area contributed by atoms with Crippen LogP contribution in [0.15, 0.2) is 168 Å². The molecule has 0 saturated carbocycles. The lowest BCUT2D eigenvalue weighted by molar-refractivity contribution is 0.669. The van der Waals surface area contributed by atoms with Crippen molar-refractivity contribution in [3.8, 4) is 22.3 Å². The first kappa shape index (κ1) is 25.8. The van der Waals surface area contributed by atoms with E-state index in [1.807, 2.05) is 17.4 Å². The Morgan fingerprint density at radius 3 is 1.84 bits per heavy atom. The summed E-state index contributed by atoms with van der Waals surface area (Å²) in [5.74, 6) is 0. The maximum Gasteiger partial charge on any atom is 0.137 e. The summed E-state index contributed by atoms with van der Waals surface area (Å²) < 4.78 is 9.08. The Balaban J connectivity index is 1.31. The van der Waals surface area contributed by atoms with Crippen molar-refractivity contribution in [3.05, 3.63) is 164 Å². The van der Waals surface area contributed by atoms with Crippen LogP contribution in [-0.2, 0) is 0 Å². The highest BCUT2D eigenvalue weighted by Gasteiger charge is 2.21. The molecule has 0 aliphatic heterocycles. The van der Waals surface area contributed by atoms with E-state index in [1.54, 1.807) is 0 Å². The predicted octanol–water partition coefficient (Wildman–Crippen LogP) is 12.8. The average Bonchev–Trinajstić information content (AvgIpc) is 3.67. The van der Waals surface area contributed by atoms with Crippen molar-refractivity contribution < 1.29 is 4.42 Å². The third-order valence-corrected chi connectivity index (χ3v) is 9.82. The Kier molecular flexibility index (Phi) is 6.03. The third-order valence-electron chi connectivity index (χ3n) is 8.67. The number of benzene rings is 7. The van der Waals surface area contributed by atoms with Gasteiger partial charge >= 0.3 is 0 Å². The molecule has 45 heavy (non-hydrogen) atoms. The Morgan fingerprint density at radius 1 is 0.400 bits per heavy atom. The van der Waals surface area contributed by atoms with Crippen molar-refractivity contribution in [2.24, 2.45) is 0 Å². The van der Waals surface area contributed by atoms with E-state index in [4.69, 9.17) is 4.42 Å². The van der Waals surface area contributed by atoms with Crippen molar-refractivity contribution in [1.29, 1.82) is 0 Å². The molecule has 2 aromatic heterocycles. The first-order chi connectivity index (χ1) is 22.3. The fourth-order valence-corrected chi connectivity index (χ4v) is 7.59. The second-order valence-corrected chi connectivity index (χ2v) is 12.4. The van der Waals surface area contributed by atoms with Gasteiger partial charge in [-0.05, 0) is 71.3 Å². The summed E-state index contributed by atoms with van der Waals surface area (Å²) >= 11 is 1.85. The number of hydrogen-bond donors (Lipinski definition) is 0. The van der Waals surface area contributed by atoms with Gasteiger partial charge in [0, 0.05) is 53.9 Å². The molecule has 3 heteroatoms. The largest absolute Gasteiger partial charge is 0.456 e. The summed E-state index contributed by atoms with van der Waals surface area (Å²) in [5, 5.41) is 4.83. The lowest BCUT2D eigenvalue weighted by Crippen LogP contribution is -2.11. The SMILES string of the molecule is c1ccc(-c2ccc(N(c3ccccc3)c3cc4oc5ccccc5c4cc3-c3ccc4sc5ccccc5c4c3)cc2)cc1. The zero-order valence-electron chi connectivity index (χ0n) is 24.4. The van der Waals surface area contributed by atoms with Crippen LogP contribution >= 0.6 is 11.3 Å². The summed E-state index contributed by atoms with van der Waals surface area (Å²) in [6, 6.07) is 58.5. The Labute approximate surface area is 265 Å². The molecule has 0 unspecified atom stereocenters. The predicted molar refractivity (Wildman–Crippen MR) is 192 cm³/mol. The molecule has 0 atom stereocenters. The normalized spacial score (nSPS) is 11.6. The van der Waals surface area contributed by atoms with Crippen LogP contribution in [-0.4, -0.2) is 0 Å². The van der Waals surface area contributed by atoms with Crippen molar-refractivity contribution in [2.45, 2.75) is 0 Å². The van der Waals surface area contributed by atoms with Crippen molar-refractivity contribution in [1.82, 2.24) is 0 Å². The molecule has 0 radical (unpaired) electrons. The minimum atomic E-state index is 0.874. The molecule has 0 saturated heterocycles. The zero-order valence-corrected chi connectivity index (χ0v) is 25.2. The topological polar surface area (TPSA) is 16.4 Å². The molecule has 0 spiro atoms. The molecule has 0 aliphatic carbocycles. The minimum absolute atomic E-state index is 0.874. The van der Waals surface area contributed by atoms with E-state index >= 15 is 0 Å². The molecule has 9 rings (SSSR count). The van der Waals surface area contributed by atoms with Gasteiger partial charge in [-0.15, -0.1) is 11.3 Å². The van der Waals surface area contributed by atoms with Crippen LogP contribution in [0.3, 0.4) is 0 Å². The zero-order chi connectivity index (χ0) is 29.7. The second kappa shape index (κ2) is 10.5. The minimum Gasteiger partial charge on any atom is -0.456 e. The van der Waals surface area contributed by atoms with Crippen molar-refractivity contribution in [2.75, 3.05) is 4.90 Å². The average molecular weight is 594 g/mol. The van der Waals surface area contributed by atoms with E-state index in [0.717, 1.165) is 44.6 Å². The summed E-state index contributed by atoms with van der Waals surface area (Å²) in [7, 11) is 0. The van der Waals surface area contributed by atoms with E-state index < -0.39 is 0 Å². The van der Waals surface area contributed by atoms with Gasteiger partial charge in [-0.1, -0.05) is 103 Å². The number of thiophene rings is 1. The summed E-state index contributed by atoms with van der Waals surface area (Å²) in [5.41, 5.74) is 9.73. The maximum atomic E-state index is 6.47. The van der Waals surface area contributed by atoms with Gasteiger partial charge < -0.3 is 9.32 Å². The van der Waals surface area contributed by atoms with Crippen molar-refractivity contribution in [3.63, 3.8) is 0 Å². The molecule has 0 fully saturated rings. The van der Waals surface area contributed by atoms with Gasteiger partial charge in [0.05, 0.1) is 5.69 Å². The number of para-hydroxylation sites is 2. The van der Waals surface area contributed by atoms with Crippen LogP contribution in [0.2, 0.25) is 0 Å². The second-order valence-electron chi connectivity index (χ2n) is 11.4. The molecule has 7 aromatic carbocycles. The van der Waals surface area contributed by atoms with E-state index in [0.29, 0.717) is 0 Å². The molecule has 0 N–H and O–H groups in total. The highest BCUT2D eigenvalue weighted by molar-refractivity contribution is 7.25. The highest BCUT2D eigenvalue weighted by atomic mass is 32.1. The Morgan fingerprint density at radius 2 is 1.02 bits per heavy atom. The van der Waals surface area contributed by atoms with Crippen LogP contribution in [0.1, 0.15) is 0 Å². The molecule has 0 bridgehead atoms. The van der Waals surface area contributed by atoms with Crippen LogP contribution < -0.4 is 4.90 Å². The lowest BCUT2D eigenvalue weighted by Gasteiger charge is -2.28. The fourth-order valence-electron chi connectivity index (χ4n) is 6.51. The van der Waals surface area contributed by atoms with Crippen LogP contribution in [0.5, 0.6) is 0 Å². The number of fused-ring (bicyclic) bond motifs is 6. The number of rotatable bonds is 5. The summed E-state index contributed by atoms with van der Waals surface area (Å²) in [4.78, 5) is 2.35. The number of furan rings is 1. The summed E-state index contributed by atoms with van der Waals surface area (Å²) in [6.45, 7) is 0. The Bertz CT molecular complexity index is 2470. The van der Waals surface area contributed by atoms with E-state index in [-0.39, 0.29) is 0 Å². The fraction of sp³-hybridized carbons (Fsp3) is 0. The van der Waals surface area contributed by atoms with Crippen LogP contribution in [0, 0.1) is 0 Å². The molecule has 2 nitrogen and oxygen atoms in total. The lowest BCUT2D eigenvalue weighted by atomic mass is 9.97. The third kappa shape index (κ3) is 4.40. The Hall–Kier alpha value is -5.64. The number of anilines is 3. The van der Waals surface area contributed by atoms with Gasteiger partial charge in [0.1, 0.15) is 11.2 Å². The van der Waals surface area contributed by atoms with Gasteiger partial charge in [0.2, 0.25) is 0 Å². The van der Waals surface area contributed by atoms with Gasteiger partial charge in [-0.25, -0.2) is 0 Å². The first-order valence-electron chi connectivity index (χ1n) is 15.2. The highest BCUT2D eigenvalue weighted by Crippen LogP contribution is 2.46. The van der Waals surface area contributed by atoms with Gasteiger partial charge in [-0.3, -0.25) is 0 Å². The van der Waals surface area contributed by atoms with Gasteiger partial charge in [-0.2, -0.15) is 0 Å². The molecule has 0 aliphatic rings. The molecule has 212 valence electrons. The number of hydrogen-bond acceptors (Lipinski definition) is 3. The maximum absolute atomic E-state index is 6.47. The van der Waals surface area contributed by atoms with E-state index in [2.05, 4.69) is 163 Å². The quantitative estimate of drug-likeness (QED) is 0.197. The smallest absolute Gasteiger partial charge is 0.137 e. The van der Waals surface area contributed by atoms with E-state index in [1.165, 1.54) is 36.9 Å². The van der Waals surface area contributed by atoms with Gasteiger partial charge in [0.15, 0.2) is 0 Å². The van der Waals surface area contributed by atoms with Crippen LogP contribution in [0.4, 0.5) is 17.1 Å². The first-order valence-corrected chi connectivity index (χ1v) is 16.0. The molecular formula is C42H27NOS. The van der Waals surface area contributed by atoms with Crippen molar-refractivity contribution >= 4 is 70.5 Å². The summed E-state index contributed by atoms with van der Waals surface area (Å²) in [6.07, 6.45) is 0. The molecule has 0 amide bonds. The molecule has 9 aromatic rings. The molecule has 2 heterocycles. The number of nitrogens with zero attached hydrogens (tertiary/aromatic N) is 1. The van der Waals surface area contributed by atoms with Crippen LogP contribution in [0.25, 0.3) is 64.4 Å². The standard InChI is InChI=1S/C42H27NOS/c1-3-11-28(12-4-1)29-19-22-32(23-20-29)43(31-13-5-2-6-14-31)38-27-40-36(33-15-7-9-17-39(33)44-40)26-35(38)30-21-24-42-37(25-30)34-16-8-10-18-41(34)45-42/h1-27H.